The van der Waals surface area contributed by atoms with Crippen LogP contribution in [-0.2, 0) is 6.42 Å². The number of Topliss-reactive ketones (excluding diaryl/α,β-unsaturated/α-hetero) is 1. The SMILES string of the molecule is COc1ccc(-n2ncc3c2CC(c2ccccc2C)CC3=O)cc1. The number of rotatable bonds is 3. The maximum Gasteiger partial charge on any atom is 0.166 e. The highest BCUT2D eigenvalue weighted by Crippen LogP contribution is 2.35. The molecule has 25 heavy (non-hydrogen) atoms. The van der Waals surface area contributed by atoms with Crippen LogP contribution in [0.4, 0.5) is 0 Å². The van der Waals surface area contributed by atoms with Crippen LogP contribution in [0, 0.1) is 6.92 Å². The van der Waals surface area contributed by atoms with Crippen molar-refractivity contribution < 1.29 is 9.53 Å². The fraction of sp³-hybridized carbons (Fsp3) is 0.238. The molecule has 1 aromatic heterocycles. The van der Waals surface area contributed by atoms with E-state index in [1.165, 1.54) is 11.1 Å². The largest absolute Gasteiger partial charge is 0.497 e. The third kappa shape index (κ3) is 2.74. The summed E-state index contributed by atoms with van der Waals surface area (Å²) < 4.78 is 7.11. The maximum absolute atomic E-state index is 12.7. The molecular formula is C21H20N2O2. The van der Waals surface area contributed by atoms with E-state index in [4.69, 9.17) is 4.74 Å². The smallest absolute Gasteiger partial charge is 0.166 e. The zero-order chi connectivity index (χ0) is 17.4. The molecule has 0 amide bonds. The van der Waals surface area contributed by atoms with Crippen LogP contribution in [0.3, 0.4) is 0 Å². The molecular weight excluding hydrogens is 312 g/mol. The van der Waals surface area contributed by atoms with Gasteiger partial charge in [0, 0.05) is 6.42 Å². The van der Waals surface area contributed by atoms with Crippen molar-refractivity contribution in [2.45, 2.75) is 25.7 Å². The van der Waals surface area contributed by atoms with Crippen LogP contribution in [0.15, 0.2) is 54.7 Å². The Bertz CT molecular complexity index is 925. The number of hydrogen-bond acceptors (Lipinski definition) is 3. The predicted molar refractivity (Wildman–Crippen MR) is 96.7 cm³/mol. The molecule has 2 aromatic carbocycles. The van der Waals surface area contributed by atoms with Gasteiger partial charge in [-0.05, 0) is 54.7 Å². The van der Waals surface area contributed by atoms with E-state index in [0.29, 0.717) is 6.42 Å². The molecule has 4 nitrogen and oxygen atoms in total. The molecule has 1 heterocycles. The number of methoxy groups -OCH3 is 1. The van der Waals surface area contributed by atoms with Crippen molar-refractivity contribution >= 4 is 5.78 Å². The van der Waals surface area contributed by atoms with E-state index in [-0.39, 0.29) is 11.7 Å². The number of ether oxygens (including phenoxy) is 1. The topological polar surface area (TPSA) is 44.1 Å². The summed E-state index contributed by atoms with van der Waals surface area (Å²) in [6, 6.07) is 16.1. The van der Waals surface area contributed by atoms with Crippen LogP contribution < -0.4 is 4.74 Å². The number of carbonyl (C=O) groups excluding carboxylic acids is 1. The van der Waals surface area contributed by atoms with Gasteiger partial charge in [-0.25, -0.2) is 4.68 Å². The first-order valence-corrected chi connectivity index (χ1v) is 8.47. The summed E-state index contributed by atoms with van der Waals surface area (Å²) in [5.41, 5.74) is 5.18. The first-order chi connectivity index (χ1) is 12.2. The third-order valence-electron chi connectivity index (χ3n) is 4.99. The van der Waals surface area contributed by atoms with E-state index in [9.17, 15) is 4.79 Å². The summed E-state index contributed by atoms with van der Waals surface area (Å²) in [5.74, 6) is 1.18. The molecule has 0 saturated carbocycles. The molecule has 0 bridgehead atoms. The Morgan fingerprint density at radius 2 is 1.84 bits per heavy atom. The Balaban J connectivity index is 1.74. The summed E-state index contributed by atoms with van der Waals surface area (Å²) in [4.78, 5) is 12.7. The van der Waals surface area contributed by atoms with Crippen LogP contribution in [0.5, 0.6) is 5.75 Å². The van der Waals surface area contributed by atoms with Gasteiger partial charge in [-0.2, -0.15) is 5.10 Å². The second-order valence-electron chi connectivity index (χ2n) is 6.50. The molecule has 4 rings (SSSR count). The van der Waals surface area contributed by atoms with Crippen LogP contribution in [0.2, 0.25) is 0 Å². The number of nitrogens with zero attached hydrogens (tertiary/aromatic N) is 2. The predicted octanol–water partition coefficient (Wildman–Crippen LogP) is 4.10. The van der Waals surface area contributed by atoms with Gasteiger partial charge in [0.15, 0.2) is 5.78 Å². The lowest BCUT2D eigenvalue weighted by molar-refractivity contribution is 0.0963. The number of aryl methyl sites for hydroxylation is 1. The lowest BCUT2D eigenvalue weighted by Crippen LogP contribution is -2.20. The van der Waals surface area contributed by atoms with Crippen molar-refractivity contribution in [3.63, 3.8) is 0 Å². The zero-order valence-corrected chi connectivity index (χ0v) is 14.4. The van der Waals surface area contributed by atoms with Crippen LogP contribution in [0.1, 0.15) is 39.5 Å². The molecule has 0 spiro atoms. The monoisotopic (exact) mass is 332 g/mol. The quantitative estimate of drug-likeness (QED) is 0.725. The third-order valence-corrected chi connectivity index (χ3v) is 4.99. The first-order valence-electron chi connectivity index (χ1n) is 8.47. The van der Waals surface area contributed by atoms with Crippen molar-refractivity contribution in [1.82, 2.24) is 9.78 Å². The normalized spacial score (nSPS) is 16.6. The average Bonchev–Trinajstić information content (AvgIpc) is 3.07. The van der Waals surface area contributed by atoms with Gasteiger partial charge in [-0.3, -0.25) is 4.79 Å². The molecule has 0 fully saturated rings. The van der Waals surface area contributed by atoms with Crippen LogP contribution >= 0.6 is 0 Å². The van der Waals surface area contributed by atoms with E-state index < -0.39 is 0 Å². The second kappa shape index (κ2) is 6.20. The molecule has 1 aliphatic carbocycles. The summed E-state index contributed by atoms with van der Waals surface area (Å²) in [6.07, 6.45) is 3.07. The Kier molecular flexibility index (Phi) is 3.88. The molecule has 126 valence electrons. The van der Waals surface area contributed by atoms with Gasteiger partial charge in [0.05, 0.1) is 30.3 Å². The number of fused-ring (bicyclic) bond motifs is 1. The highest BCUT2D eigenvalue weighted by molar-refractivity contribution is 5.98. The summed E-state index contributed by atoms with van der Waals surface area (Å²) in [7, 11) is 1.65. The van der Waals surface area contributed by atoms with Crippen molar-refractivity contribution in [3.8, 4) is 11.4 Å². The fourth-order valence-electron chi connectivity index (χ4n) is 3.65. The Labute approximate surface area is 147 Å². The van der Waals surface area contributed by atoms with Gasteiger partial charge in [-0.15, -0.1) is 0 Å². The van der Waals surface area contributed by atoms with E-state index in [1.54, 1.807) is 13.3 Å². The van der Waals surface area contributed by atoms with Gasteiger partial charge in [-0.1, -0.05) is 24.3 Å². The number of carbonyl (C=O) groups is 1. The van der Waals surface area contributed by atoms with Crippen molar-refractivity contribution in [1.29, 1.82) is 0 Å². The lowest BCUT2D eigenvalue weighted by Gasteiger charge is -2.24. The summed E-state index contributed by atoms with van der Waals surface area (Å²) >= 11 is 0. The van der Waals surface area contributed by atoms with Crippen molar-refractivity contribution in [2.75, 3.05) is 7.11 Å². The number of aromatic nitrogens is 2. The molecule has 4 heteroatoms. The molecule has 0 aliphatic heterocycles. The minimum Gasteiger partial charge on any atom is -0.497 e. The number of ketones is 1. The summed E-state index contributed by atoms with van der Waals surface area (Å²) in [6.45, 7) is 2.11. The van der Waals surface area contributed by atoms with Crippen LogP contribution in [0.25, 0.3) is 5.69 Å². The Morgan fingerprint density at radius 3 is 2.56 bits per heavy atom. The standard InChI is InChI=1S/C21H20N2O2/c1-14-5-3-4-6-18(14)15-11-20-19(21(24)12-15)13-22-23(20)16-7-9-17(25-2)10-8-16/h3-10,13,15H,11-12H2,1-2H3. The molecule has 1 aliphatic rings. The average molecular weight is 332 g/mol. The molecule has 0 N–H and O–H groups in total. The Hall–Kier alpha value is -2.88. The maximum atomic E-state index is 12.7. The highest BCUT2D eigenvalue weighted by atomic mass is 16.5. The first kappa shape index (κ1) is 15.6. The Morgan fingerprint density at radius 1 is 1.08 bits per heavy atom. The number of hydrogen-bond donors (Lipinski definition) is 0. The number of benzene rings is 2. The molecule has 3 aromatic rings. The van der Waals surface area contributed by atoms with Gasteiger partial charge in [0.25, 0.3) is 0 Å². The molecule has 1 atom stereocenters. The molecule has 1 unspecified atom stereocenters. The minimum atomic E-state index is 0.175. The molecule has 0 saturated heterocycles. The lowest BCUT2D eigenvalue weighted by atomic mass is 9.81. The van der Waals surface area contributed by atoms with Gasteiger partial charge in [0.2, 0.25) is 0 Å². The van der Waals surface area contributed by atoms with E-state index in [2.05, 4.69) is 24.2 Å². The second-order valence-corrected chi connectivity index (χ2v) is 6.50. The van der Waals surface area contributed by atoms with E-state index in [0.717, 1.165) is 29.1 Å². The van der Waals surface area contributed by atoms with Crippen LogP contribution in [-0.4, -0.2) is 22.7 Å². The van der Waals surface area contributed by atoms with Gasteiger partial charge >= 0.3 is 0 Å². The van der Waals surface area contributed by atoms with Crippen molar-refractivity contribution in [3.05, 3.63) is 77.1 Å². The highest BCUT2D eigenvalue weighted by Gasteiger charge is 2.30. The van der Waals surface area contributed by atoms with Crippen molar-refractivity contribution in [2.24, 2.45) is 0 Å². The minimum absolute atomic E-state index is 0.175. The fourth-order valence-corrected chi connectivity index (χ4v) is 3.65. The summed E-state index contributed by atoms with van der Waals surface area (Å²) in [5, 5.41) is 4.48. The van der Waals surface area contributed by atoms with E-state index >= 15 is 0 Å². The molecule has 0 radical (unpaired) electrons. The van der Waals surface area contributed by atoms with E-state index in [1.807, 2.05) is 41.1 Å². The zero-order valence-electron chi connectivity index (χ0n) is 14.4. The van der Waals surface area contributed by atoms with Gasteiger partial charge in [0.1, 0.15) is 5.75 Å². The van der Waals surface area contributed by atoms with Gasteiger partial charge < -0.3 is 4.74 Å².